The van der Waals surface area contributed by atoms with Crippen LogP contribution >= 0.6 is 0 Å². The summed E-state index contributed by atoms with van der Waals surface area (Å²) >= 11 is 0. The van der Waals surface area contributed by atoms with E-state index >= 15 is 0 Å². The Morgan fingerprint density at radius 1 is 1.39 bits per heavy atom. The molecule has 1 aliphatic heterocycles. The summed E-state index contributed by atoms with van der Waals surface area (Å²) in [4.78, 5) is 15.5. The minimum absolute atomic E-state index is 0.0975. The summed E-state index contributed by atoms with van der Waals surface area (Å²) in [5, 5.41) is 12.2. The number of pyridine rings is 1. The smallest absolute Gasteiger partial charge is 0.255 e. The molecule has 1 fully saturated rings. The Morgan fingerprint density at radius 3 is 2.67 bits per heavy atom. The second-order valence-electron chi connectivity index (χ2n) is 4.29. The van der Waals surface area contributed by atoms with Crippen molar-refractivity contribution in [3.63, 3.8) is 0 Å². The maximum Gasteiger partial charge on any atom is 0.255 e. The van der Waals surface area contributed by atoms with Gasteiger partial charge in [0.2, 0.25) is 0 Å². The van der Waals surface area contributed by atoms with E-state index < -0.39 is 15.7 Å². The number of sulfone groups is 1. The van der Waals surface area contributed by atoms with Crippen LogP contribution in [0.3, 0.4) is 0 Å². The van der Waals surface area contributed by atoms with Gasteiger partial charge in [-0.3, -0.25) is 9.78 Å². The fourth-order valence-corrected chi connectivity index (χ4v) is 3.37. The molecule has 1 amide bonds. The monoisotopic (exact) mass is 270 g/mol. The molecule has 0 saturated carbocycles. The summed E-state index contributed by atoms with van der Waals surface area (Å²) in [5.74, 6) is -0.391. The molecule has 1 aromatic heterocycles. The van der Waals surface area contributed by atoms with Gasteiger partial charge in [-0.15, -0.1) is 0 Å². The zero-order chi connectivity index (χ0) is 13.2. The minimum Gasteiger partial charge on any atom is -0.505 e. The molecular formula is C11H14N2O4S. The van der Waals surface area contributed by atoms with Gasteiger partial charge in [-0.05, 0) is 18.9 Å². The van der Waals surface area contributed by atoms with Crippen molar-refractivity contribution in [1.29, 1.82) is 0 Å². The Bertz CT molecular complexity index is 542. The van der Waals surface area contributed by atoms with Crippen molar-refractivity contribution in [2.24, 2.45) is 0 Å². The predicted octanol–water partition coefficient (Wildman–Crippen LogP) is 0.0942. The third-order valence-corrected chi connectivity index (χ3v) is 4.65. The normalized spacial score (nSPS) is 19.3. The van der Waals surface area contributed by atoms with Gasteiger partial charge in [-0.2, -0.15) is 0 Å². The number of carbonyl (C=O) groups excluding carboxylic acids is 1. The fourth-order valence-electron chi connectivity index (χ4n) is 1.88. The lowest BCUT2D eigenvalue weighted by Crippen LogP contribution is -2.40. The van der Waals surface area contributed by atoms with E-state index in [1.54, 1.807) is 0 Å². The van der Waals surface area contributed by atoms with Gasteiger partial charge in [0, 0.05) is 12.2 Å². The Kier molecular flexibility index (Phi) is 3.51. The third kappa shape index (κ3) is 2.98. The van der Waals surface area contributed by atoms with Gasteiger partial charge in [0.15, 0.2) is 0 Å². The van der Waals surface area contributed by atoms with E-state index in [2.05, 4.69) is 10.3 Å². The largest absolute Gasteiger partial charge is 0.505 e. The van der Waals surface area contributed by atoms with E-state index in [9.17, 15) is 18.3 Å². The topological polar surface area (TPSA) is 96.4 Å². The van der Waals surface area contributed by atoms with E-state index in [1.165, 1.54) is 18.5 Å². The van der Waals surface area contributed by atoms with E-state index in [0.29, 0.717) is 12.8 Å². The number of amides is 1. The van der Waals surface area contributed by atoms with Crippen molar-refractivity contribution in [3.05, 3.63) is 24.0 Å². The first-order chi connectivity index (χ1) is 8.48. The van der Waals surface area contributed by atoms with Crippen LogP contribution in [0.4, 0.5) is 0 Å². The number of rotatable bonds is 2. The molecule has 0 radical (unpaired) electrons. The molecule has 0 bridgehead atoms. The van der Waals surface area contributed by atoms with E-state index in [0.717, 1.165) is 0 Å². The molecule has 0 atom stereocenters. The van der Waals surface area contributed by atoms with Gasteiger partial charge < -0.3 is 10.4 Å². The van der Waals surface area contributed by atoms with Crippen LogP contribution in [0.5, 0.6) is 5.75 Å². The van der Waals surface area contributed by atoms with Crippen LogP contribution < -0.4 is 5.32 Å². The van der Waals surface area contributed by atoms with E-state index in [1.807, 2.05) is 0 Å². The van der Waals surface area contributed by atoms with Crippen molar-refractivity contribution in [2.75, 3.05) is 11.5 Å². The highest BCUT2D eigenvalue weighted by Crippen LogP contribution is 2.16. The van der Waals surface area contributed by atoms with Gasteiger partial charge in [-0.1, -0.05) is 0 Å². The Hall–Kier alpha value is -1.63. The van der Waals surface area contributed by atoms with E-state index in [4.69, 9.17) is 0 Å². The highest BCUT2D eigenvalue weighted by Gasteiger charge is 2.25. The summed E-state index contributed by atoms with van der Waals surface area (Å²) in [6.45, 7) is 0. The molecule has 1 saturated heterocycles. The van der Waals surface area contributed by atoms with Gasteiger partial charge in [0.05, 0.1) is 23.3 Å². The maximum absolute atomic E-state index is 11.8. The molecular weight excluding hydrogens is 256 g/mol. The minimum atomic E-state index is -2.93. The summed E-state index contributed by atoms with van der Waals surface area (Å²) in [6.07, 6.45) is 3.44. The lowest BCUT2D eigenvalue weighted by atomic mass is 10.1. The molecule has 2 heterocycles. The van der Waals surface area contributed by atoms with Crippen LogP contribution in [-0.4, -0.2) is 42.0 Å². The molecule has 1 aromatic rings. The van der Waals surface area contributed by atoms with Crippen LogP contribution in [0.2, 0.25) is 0 Å². The highest BCUT2D eigenvalue weighted by atomic mass is 32.2. The Labute approximate surface area is 105 Å². The van der Waals surface area contributed by atoms with Gasteiger partial charge in [0.1, 0.15) is 15.6 Å². The third-order valence-electron chi connectivity index (χ3n) is 2.93. The lowest BCUT2D eigenvalue weighted by molar-refractivity contribution is 0.0931. The fraction of sp³-hybridized carbons (Fsp3) is 0.455. The first-order valence-corrected chi connectivity index (χ1v) is 7.44. The van der Waals surface area contributed by atoms with Crippen LogP contribution in [0.1, 0.15) is 23.2 Å². The standard InChI is InChI=1S/C11H14N2O4S/c14-10-7-12-4-1-9(10)11(15)13-8-2-5-18(16,17)6-3-8/h1,4,7-8,14H,2-3,5-6H2,(H,13,15). The molecule has 0 spiro atoms. The van der Waals surface area contributed by atoms with Crippen molar-refractivity contribution >= 4 is 15.7 Å². The average Bonchev–Trinajstić information content (AvgIpc) is 2.32. The molecule has 2 rings (SSSR count). The molecule has 2 N–H and O–H groups in total. The second kappa shape index (κ2) is 4.93. The quantitative estimate of drug-likeness (QED) is 0.794. The zero-order valence-electron chi connectivity index (χ0n) is 9.67. The van der Waals surface area contributed by atoms with Crippen LogP contribution in [0.25, 0.3) is 0 Å². The molecule has 7 heteroatoms. The first kappa shape index (κ1) is 12.8. The van der Waals surface area contributed by atoms with Gasteiger partial charge in [-0.25, -0.2) is 8.42 Å². The second-order valence-corrected chi connectivity index (χ2v) is 6.60. The average molecular weight is 270 g/mol. The lowest BCUT2D eigenvalue weighted by Gasteiger charge is -2.23. The highest BCUT2D eigenvalue weighted by molar-refractivity contribution is 7.91. The number of hydrogen-bond donors (Lipinski definition) is 2. The van der Waals surface area contributed by atoms with Crippen LogP contribution in [-0.2, 0) is 9.84 Å². The van der Waals surface area contributed by atoms with Gasteiger partial charge in [0.25, 0.3) is 5.91 Å². The van der Waals surface area contributed by atoms with Crippen molar-refractivity contribution in [2.45, 2.75) is 18.9 Å². The molecule has 18 heavy (non-hydrogen) atoms. The molecule has 6 nitrogen and oxygen atoms in total. The predicted molar refractivity (Wildman–Crippen MR) is 65.0 cm³/mol. The first-order valence-electron chi connectivity index (χ1n) is 5.62. The molecule has 0 aromatic carbocycles. The Morgan fingerprint density at radius 2 is 2.06 bits per heavy atom. The number of carbonyl (C=O) groups is 1. The number of nitrogens with zero attached hydrogens (tertiary/aromatic N) is 1. The van der Waals surface area contributed by atoms with Crippen LogP contribution in [0.15, 0.2) is 18.5 Å². The van der Waals surface area contributed by atoms with E-state index in [-0.39, 0.29) is 28.9 Å². The van der Waals surface area contributed by atoms with Crippen molar-refractivity contribution in [1.82, 2.24) is 10.3 Å². The van der Waals surface area contributed by atoms with Gasteiger partial charge >= 0.3 is 0 Å². The Balaban J connectivity index is 1.99. The SMILES string of the molecule is O=C(NC1CCS(=O)(=O)CC1)c1ccncc1O. The summed E-state index contributed by atoms with van der Waals surface area (Å²) in [6, 6.07) is 1.26. The summed E-state index contributed by atoms with van der Waals surface area (Å²) in [5.41, 5.74) is 0.151. The molecule has 0 aliphatic carbocycles. The van der Waals surface area contributed by atoms with Crippen LogP contribution in [0, 0.1) is 0 Å². The molecule has 1 aliphatic rings. The zero-order valence-corrected chi connectivity index (χ0v) is 10.5. The number of aromatic hydroxyl groups is 1. The summed E-state index contributed by atoms with van der Waals surface area (Å²) in [7, 11) is -2.93. The number of nitrogens with one attached hydrogen (secondary N) is 1. The van der Waals surface area contributed by atoms with Crippen molar-refractivity contribution in [3.8, 4) is 5.75 Å². The number of hydrogen-bond acceptors (Lipinski definition) is 5. The maximum atomic E-state index is 11.8. The van der Waals surface area contributed by atoms with Crippen molar-refractivity contribution < 1.29 is 18.3 Å². The summed E-state index contributed by atoms with van der Waals surface area (Å²) < 4.78 is 22.5. The molecule has 98 valence electrons. The number of aromatic nitrogens is 1. The molecule has 0 unspecified atom stereocenters.